The van der Waals surface area contributed by atoms with Crippen LogP contribution in [0, 0.1) is 6.92 Å². The van der Waals surface area contributed by atoms with Crippen molar-refractivity contribution in [2.75, 3.05) is 17.3 Å². The van der Waals surface area contributed by atoms with Gasteiger partial charge in [0.2, 0.25) is 0 Å². The molecular weight excluding hydrogens is 252 g/mol. The lowest BCUT2D eigenvalue weighted by Crippen LogP contribution is -2.37. The maximum atomic E-state index is 12.0. The van der Waals surface area contributed by atoms with E-state index >= 15 is 0 Å². The first-order valence-corrected chi connectivity index (χ1v) is 6.28. The molecule has 0 fully saturated rings. The summed E-state index contributed by atoms with van der Waals surface area (Å²) < 4.78 is 0. The molecule has 0 bridgehead atoms. The molecule has 1 N–H and O–H groups in total. The highest BCUT2D eigenvalue weighted by molar-refractivity contribution is 6.44. The second-order valence-electron chi connectivity index (χ2n) is 4.52. The Labute approximate surface area is 118 Å². The van der Waals surface area contributed by atoms with E-state index < -0.39 is 11.8 Å². The second kappa shape index (κ2) is 6.02. The van der Waals surface area contributed by atoms with Crippen molar-refractivity contribution in [2.45, 2.75) is 6.92 Å². The molecule has 0 saturated carbocycles. The van der Waals surface area contributed by atoms with E-state index in [1.807, 2.05) is 37.3 Å². The summed E-state index contributed by atoms with van der Waals surface area (Å²) in [4.78, 5) is 25.3. The molecule has 2 aromatic carbocycles. The number of amides is 2. The summed E-state index contributed by atoms with van der Waals surface area (Å²) in [6.45, 7) is 1.96. The second-order valence-corrected chi connectivity index (χ2v) is 4.52. The van der Waals surface area contributed by atoms with Crippen molar-refractivity contribution in [3.63, 3.8) is 0 Å². The van der Waals surface area contributed by atoms with Crippen molar-refractivity contribution >= 4 is 23.2 Å². The van der Waals surface area contributed by atoms with E-state index in [2.05, 4.69) is 5.32 Å². The van der Waals surface area contributed by atoms with Gasteiger partial charge in [0.15, 0.2) is 0 Å². The molecular formula is C16H16N2O2. The number of carbonyl (C=O) groups is 2. The third kappa shape index (κ3) is 3.23. The zero-order valence-corrected chi connectivity index (χ0v) is 11.5. The number of benzene rings is 2. The minimum Gasteiger partial charge on any atom is -0.318 e. The molecule has 0 spiro atoms. The van der Waals surface area contributed by atoms with Crippen molar-refractivity contribution in [1.29, 1.82) is 0 Å². The van der Waals surface area contributed by atoms with Gasteiger partial charge in [-0.25, -0.2) is 0 Å². The van der Waals surface area contributed by atoms with Crippen LogP contribution in [0.1, 0.15) is 5.56 Å². The number of carbonyl (C=O) groups excluding carboxylic acids is 2. The van der Waals surface area contributed by atoms with Gasteiger partial charge in [0.1, 0.15) is 0 Å². The molecule has 0 radical (unpaired) electrons. The standard InChI is InChI=1S/C16H16N2O2/c1-12-8-10-13(11-9-12)17-15(19)16(20)18(2)14-6-4-3-5-7-14/h3-11H,1-2H3,(H,17,19). The van der Waals surface area contributed by atoms with Crippen molar-refractivity contribution in [3.8, 4) is 0 Å². The van der Waals surface area contributed by atoms with E-state index in [0.29, 0.717) is 11.4 Å². The third-order valence-corrected chi connectivity index (χ3v) is 2.95. The number of hydrogen-bond donors (Lipinski definition) is 1. The molecule has 2 aromatic rings. The van der Waals surface area contributed by atoms with Gasteiger partial charge >= 0.3 is 11.8 Å². The number of hydrogen-bond acceptors (Lipinski definition) is 2. The van der Waals surface area contributed by atoms with Gasteiger partial charge in [-0.05, 0) is 31.2 Å². The summed E-state index contributed by atoms with van der Waals surface area (Å²) in [6.07, 6.45) is 0. The molecule has 0 aliphatic carbocycles. The number of anilines is 2. The maximum Gasteiger partial charge on any atom is 0.316 e. The SMILES string of the molecule is Cc1ccc(NC(=O)C(=O)N(C)c2ccccc2)cc1. The fourth-order valence-corrected chi connectivity index (χ4v) is 1.74. The molecule has 0 unspecified atom stereocenters. The third-order valence-electron chi connectivity index (χ3n) is 2.95. The largest absolute Gasteiger partial charge is 0.318 e. The molecule has 0 heterocycles. The van der Waals surface area contributed by atoms with E-state index in [1.165, 1.54) is 4.90 Å². The number of likely N-dealkylation sites (N-methyl/N-ethyl adjacent to an activating group) is 1. The van der Waals surface area contributed by atoms with Crippen LogP contribution in [0.2, 0.25) is 0 Å². The fraction of sp³-hybridized carbons (Fsp3) is 0.125. The van der Waals surface area contributed by atoms with Gasteiger partial charge < -0.3 is 10.2 Å². The van der Waals surface area contributed by atoms with Crippen LogP contribution >= 0.6 is 0 Å². The monoisotopic (exact) mass is 268 g/mol. The van der Waals surface area contributed by atoms with Crippen molar-refractivity contribution in [3.05, 3.63) is 60.2 Å². The van der Waals surface area contributed by atoms with Gasteiger partial charge in [0.05, 0.1) is 0 Å². The highest BCUT2D eigenvalue weighted by atomic mass is 16.2. The zero-order valence-electron chi connectivity index (χ0n) is 11.5. The summed E-state index contributed by atoms with van der Waals surface area (Å²) in [6, 6.07) is 16.3. The molecule has 4 nitrogen and oxygen atoms in total. The average molecular weight is 268 g/mol. The lowest BCUT2D eigenvalue weighted by Gasteiger charge is -2.16. The van der Waals surface area contributed by atoms with Gasteiger partial charge in [-0.3, -0.25) is 9.59 Å². The van der Waals surface area contributed by atoms with Crippen LogP contribution in [0.4, 0.5) is 11.4 Å². The normalized spacial score (nSPS) is 9.90. The van der Waals surface area contributed by atoms with E-state index in [0.717, 1.165) is 5.56 Å². The molecule has 2 amide bonds. The molecule has 0 atom stereocenters. The Hall–Kier alpha value is -2.62. The molecule has 0 aliphatic heterocycles. The quantitative estimate of drug-likeness (QED) is 0.851. The minimum absolute atomic E-state index is 0.600. The Bertz CT molecular complexity index is 606. The van der Waals surface area contributed by atoms with Crippen LogP contribution in [0.5, 0.6) is 0 Å². The first-order valence-electron chi connectivity index (χ1n) is 6.28. The molecule has 2 rings (SSSR count). The van der Waals surface area contributed by atoms with E-state index in [1.54, 1.807) is 31.3 Å². The molecule has 102 valence electrons. The van der Waals surface area contributed by atoms with Crippen LogP contribution in [0.15, 0.2) is 54.6 Å². The lowest BCUT2D eigenvalue weighted by atomic mass is 10.2. The van der Waals surface area contributed by atoms with Gasteiger partial charge in [-0.2, -0.15) is 0 Å². The van der Waals surface area contributed by atoms with E-state index in [-0.39, 0.29) is 0 Å². The summed E-state index contributed by atoms with van der Waals surface area (Å²) in [5, 5.41) is 2.59. The highest BCUT2D eigenvalue weighted by Crippen LogP contribution is 2.13. The van der Waals surface area contributed by atoms with Crippen molar-refractivity contribution in [1.82, 2.24) is 0 Å². The summed E-state index contributed by atoms with van der Waals surface area (Å²) >= 11 is 0. The van der Waals surface area contributed by atoms with Crippen LogP contribution in [0.25, 0.3) is 0 Å². The average Bonchev–Trinajstić information content (AvgIpc) is 2.49. The van der Waals surface area contributed by atoms with Crippen LogP contribution < -0.4 is 10.2 Å². The first kappa shape index (κ1) is 13.8. The Kier molecular flexibility index (Phi) is 4.15. The number of rotatable bonds is 2. The highest BCUT2D eigenvalue weighted by Gasteiger charge is 2.19. The van der Waals surface area contributed by atoms with Crippen LogP contribution in [0.3, 0.4) is 0 Å². The number of para-hydroxylation sites is 1. The van der Waals surface area contributed by atoms with Crippen LogP contribution in [-0.2, 0) is 9.59 Å². The van der Waals surface area contributed by atoms with Crippen molar-refractivity contribution < 1.29 is 9.59 Å². The predicted octanol–water partition coefficient (Wildman–Crippen LogP) is 2.60. The van der Waals surface area contributed by atoms with Gasteiger partial charge in [0, 0.05) is 18.4 Å². The minimum atomic E-state index is -0.653. The van der Waals surface area contributed by atoms with Gasteiger partial charge in [-0.15, -0.1) is 0 Å². The van der Waals surface area contributed by atoms with Crippen molar-refractivity contribution in [2.24, 2.45) is 0 Å². The Morgan fingerprint density at radius 2 is 1.55 bits per heavy atom. The van der Waals surface area contributed by atoms with Crippen LogP contribution in [-0.4, -0.2) is 18.9 Å². The number of aryl methyl sites for hydroxylation is 1. The van der Waals surface area contributed by atoms with E-state index in [9.17, 15) is 9.59 Å². The first-order chi connectivity index (χ1) is 9.58. The number of nitrogens with one attached hydrogen (secondary N) is 1. The summed E-state index contributed by atoms with van der Waals surface area (Å²) in [7, 11) is 1.58. The lowest BCUT2D eigenvalue weighted by molar-refractivity contribution is -0.134. The summed E-state index contributed by atoms with van der Waals surface area (Å²) in [5.41, 5.74) is 2.38. The van der Waals surface area contributed by atoms with Gasteiger partial charge in [0.25, 0.3) is 0 Å². The maximum absolute atomic E-state index is 12.0. The van der Waals surface area contributed by atoms with E-state index in [4.69, 9.17) is 0 Å². The molecule has 0 saturated heterocycles. The Morgan fingerprint density at radius 1 is 0.950 bits per heavy atom. The molecule has 0 aromatic heterocycles. The molecule has 20 heavy (non-hydrogen) atoms. The smallest absolute Gasteiger partial charge is 0.316 e. The topological polar surface area (TPSA) is 49.4 Å². The zero-order chi connectivity index (χ0) is 14.5. The van der Waals surface area contributed by atoms with Gasteiger partial charge in [-0.1, -0.05) is 35.9 Å². The molecule has 4 heteroatoms. The molecule has 0 aliphatic rings. The fourth-order valence-electron chi connectivity index (χ4n) is 1.74. The predicted molar refractivity (Wildman–Crippen MR) is 79.7 cm³/mol. The number of nitrogens with zero attached hydrogens (tertiary/aromatic N) is 1. The Morgan fingerprint density at radius 3 is 2.15 bits per heavy atom. The summed E-state index contributed by atoms with van der Waals surface area (Å²) in [5.74, 6) is -1.25. The Balaban J connectivity index is 2.05.